The van der Waals surface area contributed by atoms with Crippen LogP contribution in [0.2, 0.25) is 0 Å². The highest BCUT2D eigenvalue weighted by atomic mass is 16.3. The molecule has 0 saturated heterocycles. The van der Waals surface area contributed by atoms with Crippen molar-refractivity contribution in [3.05, 3.63) is 88.4 Å². The van der Waals surface area contributed by atoms with Crippen molar-refractivity contribution in [1.82, 2.24) is 9.99 Å². The van der Waals surface area contributed by atoms with E-state index >= 15 is 0 Å². The monoisotopic (exact) mass is 385 g/mol. The van der Waals surface area contributed by atoms with Gasteiger partial charge in [0.1, 0.15) is 5.58 Å². The molecule has 0 bridgehead atoms. The molecular formula is C24H23N3O2. The zero-order chi connectivity index (χ0) is 20.5. The van der Waals surface area contributed by atoms with E-state index in [2.05, 4.69) is 67.1 Å². The molecule has 0 aliphatic carbocycles. The molecule has 29 heavy (non-hydrogen) atoms. The second-order valence-corrected chi connectivity index (χ2v) is 7.30. The minimum Gasteiger partial charge on any atom is -0.451 e. The molecule has 4 rings (SSSR count). The maximum atomic E-state index is 12.3. The maximum absolute atomic E-state index is 12.3. The fraction of sp³-hybridized carbons (Fsp3) is 0.167. The first-order chi connectivity index (χ1) is 13.9. The van der Waals surface area contributed by atoms with E-state index in [1.807, 2.05) is 24.3 Å². The second kappa shape index (κ2) is 7.43. The molecule has 4 aromatic rings. The van der Waals surface area contributed by atoms with Crippen LogP contribution >= 0.6 is 0 Å². The van der Waals surface area contributed by atoms with E-state index < -0.39 is 0 Å². The van der Waals surface area contributed by atoms with E-state index in [0.29, 0.717) is 5.58 Å². The van der Waals surface area contributed by atoms with E-state index in [4.69, 9.17) is 4.42 Å². The van der Waals surface area contributed by atoms with Crippen LogP contribution in [-0.2, 0) is 0 Å². The number of aryl methyl sites for hydroxylation is 3. The molecule has 0 saturated carbocycles. The third-order valence-corrected chi connectivity index (χ3v) is 5.09. The minimum absolute atomic E-state index is 0.240. The minimum atomic E-state index is -0.374. The Morgan fingerprint density at radius 1 is 1.03 bits per heavy atom. The lowest BCUT2D eigenvalue weighted by molar-refractivity contribution is 0.0929. The summed E-state index contributed by atoms with van der Waals surface area (Å²) in [5, 5.41) is 5.03. The van der Waals surface area contributed by atoms with Crippen LogP contribution in [0.25, 0.3) is 16.7 Å². The Bertz CT molecular complexity index is 1210. The Balaban J connectivity index is 1.56. The van der Waals surface area contributed by atoms with Gasteiger partial charge in [0.25, 0.3) is 0 Å². The lowest BCUT2D eigenvalue weighted by atomic mass is 10.1. The Kier molecular flexibility index (Phi) is 4.80. The zero-order valence-corrected chi connectivity index (χ0v) is 17.0. The van der Waals surface area contributed by atoms with E-state index in [9.17, 15) is 4.79 Å². The van der Waals surface area contributed by atoms with E-state index in [0.717, 1.165) is 28.0 Å². The molecule has 0 aliphatic heterocycles. The quantitative estimate of drug-likeness (QED) is 0.387. The number of nitrogens with one attached hydrogen (secondary N) is 1. The van der Waals surface area contributed by atoms with Crippen LogP contribution in [-0.4, -0.2) is 16.7 Å². The highest BCUT2D eigenvalue weighted by Gasteiger charge is 2.13. The first kappa shape index (κ1) is 18.7. The topological polar surface area (TPSA) is 59.5 Å². The summed E-state index contributed by atoms with van der Waals surface area (Å²) in [6.45, 7) is 8.32. The first-order valence-corrected chi connectivity index (χ1v) is 9.52. The number of amides is 1. The molecule has 146 valence electrons. The maximum Gasteiger partial charge on any atom is 0.307 e. The molecule has 2 aromatic heterocycles. The Labute approximate surface area is 169 Å². The summed E-state index contributed by atoms with van der Waals surface area (Å²) in [6.07, 6.45) is 1.67. The molecule has 0 atom stereocenters. The third kappa shape index (κ3) is 3.59. The average Bonchev–Trinajstić information content (AvgIpc) is 3.25. The number of carbonyl (C=O) groups is 1. The van der Waals surface area contributed by atoms with Gasteiger partial charge in [-0.1, -0.05) is 30.3 Å². The van der Waals surface area contributed by atoms with Crippen molar-refractivity contribution in [3.63, 3.8) is 0 Å². The van der Waals surface area contributed by atoms with Crippen molar-refractivity contribution >= 4 is 23.1 Å². The van der Waals surface area contributed by atoms with Gasteiger partial charge in [-0.2, -0.15) is 5.10 Å². The largest absolute Gasteiger partial charge is 0.451 e. The summed E-state index contributed by atoms with van der Waals surface area (Å²) in [7, 11) is 0. The number of fused-ring (bicyclic) bond motifs is 1. The SMILES string of the molecule is Cc1ccc(C)c(-n2c(C)cc(/C=N/NC(=O)c3cc4ccccc4o3)c2C)c1. The predicted molar refractivity (Wildman–Crippen MR) is 116 cm³/mol. The van der Waals surface area contributed by atoms with E-state index in [1.165, 1.54) is 11.1 Å². The van der Waals surface area contributed by atoms with Gasteiger partial charge in [-0.3, -0.25) is 4.79 Å². The molecule has 1 N–H and O–H groups in total. The van der Waals surface area contributed by atoms with Crippen molar-refractivity contribution in [1.29, 1.82) is 0 Å². The summed E-state index contributed by atoms with van der Waals surface area (Å²) in [6, 6.07) is 17.7. The normalized spacial score (nSPS) is 11.4. The highest BCUT2D eigenvalue weighted by Crippen LogP contribution is 2.23. The van der Waals surface area contributed by atoms with Gasteiger partial charge < -0.3 is 8.98 Å². The molecule has 0 spiro atoms. The number of hydrogen-bond donors (Lipinski definition) is 1. The summed E-state index contributed by atoms with van der Waals surface area (Å²) in [5.41, 5.74) is 9.94. The molecule has 5 heteroatoms. The van der Waals surface area contributed by atoms with Gasteiger partial charge >= 0.3 is 5.91 Å². The first-order valence-electron chi connectivity index (χ1n) is 9.52. The van der Waals surface area contributed by atoms with Crippen LogP contribution in [0.3, 0.4) is 0 Å². The second-order valence-electron chi connectivity index (χ2n) is 7.30. The van der Waals surface area contributed by atoms with Gasteiger partial charge in [0, 0.05) is 28.0 Å². The van der Waals surface area contributed by atoms with Crippen LogP contribution < -0.4 is 5.43 Å². The van der Waals surface area contributed by atoms with Crippen molar-refractivity contribution in [2.45, 2.75) is 27.7 Å². The lowest BCUT2D eigenvalue weighted by Crippen LogP contribution is -2.16. The molecule has 0 aliphatic rings. The molecule has 2 aromatic carbocycles. The zero-order valence-electron chi connectivity index (χ0n) is 17.0. The Morgan fingerprint density at radius 2 is 1.83 bits per heavy atom. The summed E-state index contributed by atoms with van der Waals surface area (Å²) >= 11 is 0. The number of carbonyl (C=O) groups excluding carboxylic acids is 1. The number of hydrogen-bond acceptors (Lipinski definition) is 3. The van der Waals surface area contributed by atoms with Gasteiger partial charge in [0.2, 0.25) is 0 Å². The molecule has 2 heterocycles. The van der Waals surface area contributed by atoms with Gasteiger partial charge in [-0.05, 0) is 63.1 Å². The van der Waals surface area contributed by atoms with Crippen molar-refractivity contribution < 1.29 is 9.21 Å². The number of nitrogens with zero attached hydrogens (tertiary/aromatic N) is 2. The summed E-state index contributed by atoms with van der Waals surface area (Å²) < 4.78 is 7.78. The van der Waals surface area contributed by atoms with Gasteiger partial charge in [0.05, 0.1) is 6.21 Å². The molecular weight excluding hydrogens is 362 g/mol. The molecule has 0 fully saturated rings. The highest BCUT2D eigenvalue weighted by molar-refractivity contribution is 5.96. The van der Waals surface area contributed by atoms with Crippen LogP contribution in [0, 0.1) is 27.7 Å². The van der Waals surface area contributed by atoms with E-state index in [1.54, 1.807) is 12.3 Å². The standard InChI is InChI=1S/C24H23N3O2/c1-15-9-10-16(2)21(11-15)27-17(3)12-20(18(27)4)14-25-26-24(28)23-13-19-7-5-6-8-22(19)29-23/h5-14H,1-4H3,(H,26,28)/b25-14+. The summed E-state index contributed by atoms with van der Waals surface area (Å²) in [5.74, 6) is -0.134. The van der Waals surface area contributed by atoms with Crippen LogP contribution in [0.4, 0.5) is 0 Å². The molecule has 0 radical (unpaired) electrons. The lowest BCUT2D eigenvalue weighted by Gasteiger charge is -2.13. The van der Waals surface area contributed by atoms with Gasteiger partial charge in [-0.25, -0.2) is 5.43 Å². The predicted octanol–water partition coefficient (Wildman–Crippen LogP) is 5.22. The fourth-order valence-corrected chi connectivity index (χ4v) is 3.56. The Morgan fingerprint density at radius 3 is 2.62 bits per heavy atom. The average molecular weight is 385 g/mol. The van der Waals surface area contributed by atoms with Gasteiger partial charge in [-0.15, -0.1) is 0 Å². The van der Waals surface area contributed by atoms with Crippen LogP contribution in [0.1, 0.15) is 38.6 Å². The number of furan rings is 1. The number of hydrazone groups is 1. The number of benzene rings is 2. The smallest absolute Gasteiger partial charge is 0.307 e. The number of rotatable bonds is 4. The van der Waals surface area contributed by atoms with Crippen molar-refractivity contribution in [3.8, 4) is 5.69 Å². The molecule has 5 nitrogen and oxygen atoms in total. The number of aromatic nitrogens is 1. The van der Waals surface area contributed by atoms with Crippen LogP contribution in [0.15, 0.2) is 64.1 Å². The number of para-hydroxylation sites is 1. The fourth-order valence-electron chi connectivity index (χ4n) is 3.56. The van der Waals surface area contributed by atoms with Crippen molar-refractivity contribution in [2.75, 3.05) is 0 Å². The summed E-state index contributed by atoms with van der Waals surface area (Å²) in [4.78, 5) is 12.3. The molecule has 1 amide bonds. The van der Waals surface area contributed by atoms with Crippen LogP contribution in [0.5, 0.6) is 0 Å². The van der Waals surface area contributed by atoms with Crippen molar-refractivity contribution in [2.24, 2.45) is 5.10 Å². The molecule has 0 unspecified atom stereocenters. The van der Waals surface area contributed by atoms with Gasteiger partial charge in [0.15, 0.2) is 5.76 Å². The Hall–Kier alpha value is -3.60. The third-order valence-electron chi connectivity index (χ3n) is 5.09. The van der Waals surface area contributed by atoms with E-state index in [-0.39, 0.29) is 11.7 Å².